The van der Waals surface area contributed by atoms with Gasteiger partial charge in [-0.2, -0.15) is 0 Å². The minimum atomic E-state index is -3.57. The van der Waals surface area contributed by atoms with Crippen molar-refractivity contribution in [3.63, 3.8) is 0 Å². The van der Waals surface area contributed by atoms with Gasteiger partial charge in [-0.3, -0.25) is 4.79 Å². The zero-order valence-corrected chi connectivity index (χ0v) is 15.3. The molecular formula is C16H26N2O3S. The molecule has 0 aliphatic rings. The summed E-state index contributed by atoms with van der Waals surface area (Å²) in [5.41, 5.74) is 1.88. The van der Waals surface area contributed by atoms with Crippen molar-refractivity contribution in [2.24, 2.45) is 5.92 Å². The molecule has 0 unspecified atom stereocenters. The summed E-state index contributed by atoms with van der Waals surface area (Å²) in [7, 11) is 1.14. The lowest BCUT2D eigenvalue weighted by atomic mass is 10.0. The van der Waals surface area contributed by atoms with E-state index >= 15 is 0 Å². The van der Waals surface area contributed by atoms with E-state index in [2.05, 4.69) is 0 Å². The quantitative estimate of drug-likeness (QED) is 0.834. The second-order valence-electron chi connectivity index (χ2n) is 6.28. The van der Waals surface area contributed by atoms with E-state index in [1.54, 1.807) is 24.9 Å². The first-order chi connectivity index (χ1) is 9.98. The van der Waals surface area contributed by atoms with Crippen LogP contribution in [0.4, 0.5) is 0 Å². The molecule has 0 atom stereocenters. The minimum absolute atomic E-state index is 0.160. The Morgan fingerprint density at radius 1 is 1.14 bits per heavy atom. The van der Waals surface area contributed by atoms with Gasteiger partial charge in [0, 0.05) is 33.3 Å². The molecule has 5 nitrogen and oxygen atoms in total. The summed E-state index contributed by atoms with van der Waals surface area (Å²) in [4.78, 5) is 14.3. The molecule has 0 N–H and O–H groups in total. The Morgan fingerprint density at radius 2 is 1.68 bits per heavy atom. The van der Waals surface area contributed by atoms with Crippen molar-refractivity contribution in [1.29, 1.82) is 0 Å². The molecule has 0 fully saturated rings. The van der Waals surface area contributed by atoms with Gasteiger partial charge in [0.05, 0.1) is 4.90 Å². The maximum absolute atomic E-state index is 12.5. The van der Waals surface area contributed by atoms with Crippen molar-refractivity contribution in [1.82, 2.24) is 9.21 Å². The minimum Gasteiger partial charge on any atom is -0.341 e. The van der Waals surface area contributed by atoms with Crippen molar-refractivity contribution >= 4 is 15.9 Å². The Bertz CT molecular complexity index is 664. The van der Waals surface area contributed by atoms with E-state index in [0.717, 1.165) is 5.56 Å². The Balaban J connectivity index is 3.37. The lowest BCUT2D eigenvalue weighted by molar-refractivity contribution is 0.0779. The summed E-state index contributed by atoms with van der Waals surface area (Å²) in [6, 6.07) is 3.24. The van der Waals surface area contributed by atoms with Crippen molar-refractivity contribution in [2.45, 2.75) is 32.6 Å². The molecule has 1 rings (SSSR count). The first-order valence-electron chi connectivity index (χ1n) is 7.27. The number of aryl methyl sites for hydroxylation is 1. The summed E-state index contributed by atoms with van der Waals surface area (Å²) in [6.07, 6.45) is 0. The zero-order chi connectivity index (χ0) is 17.2. The first-order valence-corrected chi connectivity index (χ1v) is 8.71. The van der Waals surface area contributed by atoms with Crippen LogP contribution in [0.1, 0.15) is 35.3 Å². The van der Waals surface area contributed by atoms with E-state index in [9.17, 15) is 13.2 Å². The average Bonchev–Trinajstić information content (AvgIpc) is 2.39. The summed E-state index contributed by atoms with van der Waals surface area (Å²) < 4.78 is 26.0. The van der Waals surface area contributed by atoms with Crippen LogP contribution in [0.3, 0.4) is 0 Å². The van der Waals surface area contributed by atoms with Crippen LogP contribution in [-0.2, 0) is 10.0 Å². The van der Waals surface area contributed by atoms with Crippen molar-refractivity contribution in [3.8, 4) is 0 Å². The molecule has 0 radical (unpaired) electrons. The Hall–Kier alpha value is -1.40. The second kappa shape index (κ2) is 6.79. The number of amides is 1. The molecule has 0 spiro atoms. The fourth-order valence-electron chi connectivity index (χ4n) is 2.27. The monoisotopic (exact) mass is 326 g/mol. The van der Waals surface area contributed by atoms with Crippen LogP contribution < -0.4 is 0 Å². The van der Waals surface area contributed by atoms with Crippen LogP contribution in [0.25, 0.3) is 0 Å². The third kappa shape index (κ3) is 3.87. The number of carbonyl (C=O) groups is 1. The van der Waals surface area contributed by atoms with Gasteiger partial charge in [0.2, 0.25) is 10.0 Å². The van der Waals surface area contributed by atoms with E-state index in [1.807, 2.05) is 20.8 Å². The SMILES string of the molecule is Cc1cc(C(=O)N(C)CC(C)C)cc(S(=O)(=O)N(C)C)c1C. The maximum atomic E-state index is 12.5. The molecule has 0 aliphatic heterocycles. The first kappa shape index (κ1) is 18.6. The number of benzene rings is 1. The second-order valence-corrected chi connectivity index (χ2v) is 8.40. The number of hydrogen-bond acceptors (Lipinski definition) is 3. The summed E-state index contributed by atoms with van der Waals surface area (Å²) in [6.45, 7) is 8.28. The molecule has 0 saturated heterocycles. The molecule has 1 aromatic rings. The third-order valence-corrected chi connectivity index (χ3v) is 5.55. The van der Waals surface area contributed by atoms with Gasteiger partial charge in [-0.1, -0.05) is 13.8 Å². The summed E-state index contributed by atoms with van der Waals surface area (Å²) >= 11 is 0. The highest BCUT2D eigenvalue weighted by molar-refractivity contribution is 7.89. The van der Waals surface area contributed by atoms with Gasteiger partial charge in [0.1, 0.15) is 0 Å². The van der Waals surface area contributed by atoms with Gasteiger partial charge >= 0.3 is 0 Å². The fraction of sp³-hybridized carbons (Fsp3) is 0.562. The van der Waals surface area contributed by atoms with Crippen LogP contribution in [0.2, 0.25) is 0 Å². The van der Waals surface area contributed by atoms with Gasteiger partial charge in [-0.25, -0.2) is 12.7 Å². The Kier molecular flexibility index (Phi) is 5.76. The highest BCUT2D eigenvalue weighted by atomic mass is 32.2. The van der Waals surface area contributed by atoms with E-state index in [1.165, 1.54) is 24.5 Å². The molecule has 1 amide bonds. The molecule has 22 heavy (non-hydrogen) atoms. The maximum Gasteiger partial charge on any atom is 0.253 e. The number of nitrogens with zero attached hydrogens (tertiary/aromatic N) is 2. The molecule has 0 aliphatic carbocycles. The van der Waals surface area contributed by atoms with Crippen LogP contribution in [-0.4, -0.2) is 51.2 Å². The topological polar surface area (TPSA) is 57.7 Å². The average molecular weight is 326 g/mol. The van der Waals surface area contributed by atoms with E-state index in [0.29, 0.717) is 23.6 Å². The Morgan fingerprint density at radius 3 is 2.14 bits per heavy atom. The molecule has 0 aromatic heterocycles. The predicted molar refractivity (Wildman–Crippen MR) is 88.6 cm³/mol. The van der Waals surface area contributed by atoms with Gasteiger partial charge in [0.25, 0.3) is 5.91 Å². The van der Waals surface area contributed by atoms with Gasteiger partial charge in [0.15, 0.2) is 0 Å². The lowest BCUT2D eigenvalue weighted by Crippen LogP contribution is -2.31. The number of rotatable bonds is 5. The molecular weight excluding hydrogens is 300 g/mol. The van der Waals surface area contributed by atoms with E-state index in [-0.39, 0.29) is 10.8 Å². The normalized spacial score (nSPS) is 12.0. The Labute approximate surface area is 134 Å². The van der Waals surface area contributed by atoms with Gasteiger partial charge < -0.3 is 4.90 Å². The van der Waals surface area contributed by atoms with Crippen molar-refractivity contribution in [2.75, 3.05) is 27.7 Å². The number of hydrogen-bond donors (Lipinski definition) is 0. The highest BCUT2D eigenvalue weighted by Crippen LogP contribution is 2.24. The molecule has 0 heterocycles. The van der Waals surface area contributed by atoms with Gasteiger partial charge in [-0.05, 0) is 43.0 Å². The summed E-state index contributed by atoms with van der Waals surface area (Å²) in [5, 5.41) is 0. The van der Waals surface area contributed by atoms with Crippen LogP contribution in [0.5, 0.6) is 0 Å². The summed E-state index contributed by atoms with van der Waals surface area (Å²) in [5.74, 6) is 0.192. The number of sulfonamides is 1. The molecule has 0 bridgehead atoms. The van der Waals surface area contributed by atoms with E-state index < -0.39 is 10.0 Å². The smallest absolute Gasteiger partial charge is 0.253 e. The van der Waals surface area contributed by atoms with Gasteiger partial charge in [-0.15, -0.1) is 0 Å². The van der Waals surface area contributed by atoms with Crippen molar-refractivity contribution < 1.29 is 13.2 Å². The zero-order valence-electron chi connectivity index (χ0n) is 14.5. The fourth-order valence-corrected chi connectivity index (χ4v) is 3.48. The van der Waals surface area contributed by atoms with Crippen molar-refractivity contribution in [3.05, 3.63) is 28.8 Å². The largest absolute Gasteiger partial charge is 0.341 e. The molecule has 0 saturated carbocycles. The van der Waals surface area contributed by atoms with E-state index in [4.69, 9.17) is 0 Å². The third-order valence-electron chi connectivity index (χ3n) is 3.61. The molecule has 1 aromatic carbocycles. The molecule has 6 heteroatoms. The molecule has 124 valence electrons. The highest BCUT2D eigenvalue weighted by Gasteiger charge is 2.24. The van der Waals surface area contributed by atoms with Crippen LogP contribution >= 0.6 is 0 Å². The standard InChI is InChI=1S/C16H26N2O3S/c1-11(2)10-18(7)16(19)14-8-12(3)13(4)15(9-14)22(20,21)17(5)6/h8-9,11H,10H2,1-7H3. The lowest BCUT2D eigenvalue weighted by Gasteiger charge is -2.21. The number of carbonyl (C=O) groups excluding carboxylic acids is 1. The van der Waals surface area contributed by atoms with Crippen LogP contribution in [0.15, 0.2) is 17.0 Å². The predicted octanol–water partition coefficient (Wildman–Crippen LogP) is 2.28. The van der Waals surface area contributed by atoms with Crippen LogP contribution in [0, 0.1) is 19.8 Å².